The molecule has 0 saturated carbocycles. The van der Waals surface area contributed by atoms with Crippen molar-refractivity contribution in [2.75, 3.05) is 32.6 Å². The highest BCUT2D eigenvalue weighted by atomic mass is 16.5. The van der Waals surface area contributed by atoms with E-state index in [2.05, 4.69) is 10.1 Å². The second kappa shape index (κ2) is 8.98. The first-order chi connectivity index (χ1) is 15.4. The van der Waals surface area contributed by atoms with Gasteiger partial charge in [0.1, 0.15) is 5.75 Å². The van der Waals surface area contributed by atoms with E-state index in [-0.39, 0.29) is 11.9 Å². The van der Waals surface area contributed by atoms with Crippen LogP contribution in [0.4, 0.5) is 5.95 Å². The van der Waals surface area contributed by atoms with Crippen LogP contribution in [0.25, 0.3) is 11.1 Å². The average molecular weight is 435 g/mol. The zero-order valence-corrected chi connectivity index (χ0v) is 19.4. The molecule has 8 heteroatoms. The number of methoxy groups -OCH3 is 1. The second-order valence-corrected chi connectivity index (χ2v) is 8.37. The number of nitrogens with zero attached hydrogens (tertiary/aromatic N) is 6. The van der Waals surface area contributed by atoms with E-state index < -0.39 is 0 Å². The van der Waals surface area contributed by atoms with Crippen LogP contribution in [0.2, 0.25) is 0 Å². The van der Waals surface area contributed by atoms with Crippen LogP contribution in [0, 0.1) is 6.92 Å². The van der Waals surface area contributed by atoms with Crippen molar-refractivity contribution in [2.45, 2.75) is 32.2 Å². The summed E-state index contributed by atoms with van der Waals surface area (Å²) in [5.74, 6) is 1.43. The van der Waals surface area contributed by atoms with Gasteiger partial charge < -0.3 is 14.5 Å². The maximum Gasteiger partial charge on any atom is 0.257 e. The van der Waals surface area contributed by atoms with E-state index in [1.165, 1.54) is 0 Å². The molecule has 3 heterocycles. The van der Waals surface area contributed by atoms with E-state index in [1.54, 1.807) is 18.0 Å². The molecule has 2 aromatic heterocycles. The normalized spacial score (nSPS) is 16.2. The number of rotatable bonds is 5. The molecule has 1 saturated heterocycles. The number of likely N-dealkylation sites (tertiary alicyclic amines) is 1. The van der Waals surface area contributed by atoms with Crippen LogP contribution in [-0.4, -0.2) is 58.3 Å². The fourth-order valence-electron chi connectivity index (χ4n) is 4.17. The monoisotopic (exact) mass is 434 g/mol. The predicted molar refractivity (Wildman–Crippen MR) is 124 cm³/mol. The second-order valence-electron chi connectivity index (χ2n) is 8.37. The van der Waals surface area contributed by atoms with Crippen molar-refractivity contribution in [3.63, 3.8) is 0 Å². The van der Waals surface area contributed by atoms with Crippen molar-refractivity contribution in [3.05, 3.63) is 53.6 Å². The highest BCUT2D eigenvalue weighted by Crippen LogP contribution is 2.37. The lowest BCUT2D eigenvalue weighted by Gasteiger charge is -2.36. The number of aryl methyl sites for hydroxylation is 1. The van der Waals surface area contributed by atoms with Gasteiger partial charge in [-0.25, -0.2) is 9.97 Å². The first-order valence-electron chi connectivity index (χ1n) is 10.9. The van der Waals surface area contributed by atoms with Crippen molar-refractivity contribution >= 4 is 11.9 Å². The molecule has 4 rings (SSSR count). The third-order valence-corrected chi connectivity index (χ3v) is 6.15. The van der Waals surface area contributed by atoms with Gasteiger partial charge in [0.2, 0.25) is 5.95 Å². The number of benzene rings is 1. The molecule has 32 heavy (non-hydrogen) atoms. The average Bonchev–Trinajstić information content (AvgIpc) is 3.16. The highest BCUT2D eigenvalue weighted by Gasteiger charge is 2.33. The van der Waals surface area contributed by atoms with Crippen LogP contribution in [0.15, 0.2) is 36.7 Å². The number of hydrogen-bond acceptors (Lipinski definition) is 6. The Hall–Kier alpha value is -3.42. The number of carbonyl (C=O) groups is 1. The Morgan fingerprint density at radius 3 is 2.53 bits per heavy atom. The third-order valence-electron chi connectivity index (χ3n) is 6.15. The molecular weight excluding hydrogens is 404 g/mol. The summed E-state index contributed by atoms with van der Waals surface area (Å²) < 4.78 is 7.05. The molecule has 0 spiro atoms. The molecule has 8 nitrogen and oxygen atoms in total. The molecule has 3 aromatic rings. The fraction of sp³-hybridized carbons (Fsp3) is 0.417. The van der Waals surface area contributed by atoms with Crippen LogP contribution in [0.5, 0.6) is 5.75 Å². The van der Waals surface area contributed by atoms with E-state index in [0.717, 1.165) is 47.5 Å². The number of hydrogen-bond donors (Lipinski definition) is 0. The van der Waals surface area contributed by atoms with Gasteiger partial charge >= 0.3 is 0 Å². The molecule has 168 valence electrons. The smallest absolute Gasteiger partial charge is 0.257 e. The van der Waals surface area contributed by atoms with E-state index in [9.17, 15) is 4.79 Å². The quantitative estimate of drug-likeness (QED) is 0.610. The Labute approximate surface area is 188 Å². The van der Waals surface area contributed by atoms with Crippen molar-refractivity contribution in [1.29, 1.82) is 0 Å². The Kier molecular flexibility index (Phi) is 6.12. The van der Waals surface area contributed by atoms with Gasteiger partial charge in [-0.1, -0.05) is 12.1 Å². The molecule has 1 aliphatic heterocycles. The van der Waals surface area contributed by atoms with Gasteiger partial charge in [0.05, 0.1) is 30.6 Å². The van der Waals surface area contributed by atoms with Crippen LogP contribution >= 0.6 is 0 Å². The number of amides is 1. The Balaban J connectivity index is 1.80. The van der Waals surface area contributed by atoms with Crippen LogP contribution in [-0.2, 0) is 7.05 Å². The molecule has 0 aliphatic carbocycles. The molecule has 1 fully saturated rings. The lowest BCUT2D eigenvalue weighted by atomic mass is 9.93. The summed E-state index contributed by atoms with van der Waals surface area (Å²) in [5, 5.41) is 4.27. The van der Waals surface area contributed by atoms with Crippen LogP contribution in [0.1, 0.15) is 47.1 Å². The van der Waals surface area contributed by atoms with Crippen molar-refractivity contribution in [2.24, 2.45) is 7.05 Å². The molecule has 1 amide bonds. The Morgan fingerprint density at radius 1 is 1.16 bits per heavy atom. The maximum absolute atomic E-state index is 13.6. The van der Waals surface area contributed by atoms with Crippen molar-refractivity contribution < 1.29 is 9.53 Å². The summed E-state index contributed by atoms with van der Waals surface area (Å²) in [5.41, 5.74) is 4.33. The molecule has 1 unspecified atom stereocenters. The van der Waals surface area contributed by atoms with E-state index in [4.69, 9.17) is 9.72 Å². The number of piperidine rings is 1. The Bertz CT molecular complexity index is 1110. The maximum atomic E-state index is 13.6. The first kappa shape index (κ1) is 21.8. The van der Waals surface area contributed by atoms with E-state index >= 15 is 0 Å². The molecule has 0 N–H and O–H groups in total. The molecule has 1 aromatic carbocycles. The van der Waals surface area contributed by atoms with E-state index in [0.29, 0.717) is 18.1 Å². The van der Waals surface area contributed by atoms with Gasteiger partial charge in [0.15, 0.2) is 0 Å². The zero-order chi connectivity index (χ0) is 22.8. The number of anilines is 1. The lowest BCUT2D eigenvalue weighted by molar-refractivity contribution is 0.0606. The Morgan fingerprint density at radius 2 is 1.91 bits per heavy atom. The highest BCUT2D eigenvalue weighted by molar-refractivity contribution is 5.95. The predicted octanol–water partition coefficient (Wildman–Crippen LogP) is 3.63. The largest absolute Gasteiger partial charge is 0.497 e. The first-order valence-corrected chi connectivity index (χ1v) is 10.9. The van der Waals surface area contributed by atoms with Crippen molar-refractivity contribution in [3.8, 4) is 16.9 Å². The molecule has 0 radical (unpaired) electrons. The summed E-state index contributed by atoms with van der Waals surface area (Å²) in [6.45, 7) is 2.62. The van der Waals surface area contributed by atoms with Gasteiger partial charge in [-0.15, -0.1) is 0 Å². The number of carbonyl (C=O) groups excluding carboxylic acids is 1. The molecule has 1 aliphatic rings. The molecule has 1 atom stereocenters. The molecular formula is C24H30N6O2. The third kappa shape index (κ3) is 4.04. The van der Waals surface area contributed by atoms with Crippen LogP contribution in [0.3, 0.4) is 0 Å². The minimum atomic E-state index is -0.130. The summed E-state index contributed by atoms with van der Waals surface area (Å²) >= 11 is 0. The molecule has 0 bridgehead atoms. The van der Waals surface area contributed by atoms with Crippen molar-refractivity contribution in [1.82, 2.24) is 24.6 Å². The zero-order valence-electron chi connectivity index (χ0n) is 19.4. The van der Waals surface area contributed by atoms with E-state index in [1.807, 2.05) is 68.3 Å². The number of aromatic nitrogens is 4. The number of ether oxygens (including phenoxy) is 1. The summed E-state index contributed by atoms with van der Waals surface area (Å²) in [4.78, 5) is 26.9. The minimum absolute atomic E-state index is 0.00555. The topological polar surface area (TPSA) is 76.4 Å². The van der Waals surface area contributed by atoms with Gasteiger partial charge in [-0.05, 0) is 43.9 Å². The summed E-state index contributed by atoms with van der Waals surface area (Å²) in [6.07, 6.45) is 6.41. The fourth-order valence-corrected chi connectivity index (χ4v) is 4.17. The minimum Gasteiger partial charge on any atom is -0.497 e. The summed E-state index contributed by atoms with van der Waals surface area (Å²) in [6, 6.07) is 7.76. The summed E-state index contributed by atoms with van der Waals surface area (Å²) in [7, 11) is 7.36. The van der Waals surface area contributed by atoms with Gasteiger partial charge in [0.25, 0.3) is 5.91 Å². The lowest BCUT2D eigenvalue weighted by Crippen LogP contribution is -2.39. The van der Waals surface area contributed by atoms with Crippen LogP contribution < -0.4 is 9.64 Å². The van der Waals surface area contributed by atoms with Gasteiger partial charge in [0, 0.05) is 45.1 Å². The van der Waals surface area contributed by atoms with Gasteiger partial charge in [-0.2, -0.15) is 5.10 Å². The van der Waals surface area contributed by atoms with Gasteiger partial charge in [-0.3, -0.25) is 9.48 Å². The standard InChI is InChI=1S/C24H30N6O2/c1-16-19(15-26-29(16)4)23(31)30-13-7-6-8-21(30)22-20(14-25-24(27-22)28(2)3)17-9-11-18(32-5)12-10-17/h9-12,14-15,21H,6-8,13H2,1-5H3. The SMILES string of the molecule is COc1ccc(-c2cnc(N(C)C)nc2C2CCCCN2C(=O)c2cnn(C)c2C)cc1.